The van der Waals surface area contributed by atoms with Crippen LogP contribution in [0.5, 0.6) is 0 Å². The zero-order valence-corrected chi connectivity index (χ0v) is 14.2. The predicted octanol–water partition coefficient (Wildman–Crippen LogP) is 3.83. The van der Waals surface area contributed by atoms with Crippen LogP contribution in [-0.4, -0.2) is 30.1 Å². The Morgan fingerprint density at radius 1 is 1.24 bits per heavy atom. The van der Waals surface area contributed by atoms with Crippen LogP contribution in [0.15, 0.2) is 6.07 Å². The zero-order chi connectivity index (χ0) is 15.5. The van der Waals surface area contributed by atoms with E-state index in [0.29, 0.717) is 0 Å². The van der Waals surface area contributed by atoms with Crippen molar-refractivity contribution in [3.05, 3.63) is 11.9 Å². The molecule has 1 N–H and O–H groups in total. The highest BCUT2D eigenvalue weighted by Crippen LogP contribution is 2.27. The maximum Gasteiger partial charge on any atom is 0.138 e. The van der Waals surface area contributed by atoms with Crippen LogP contribution in [-0.2, 0) is 5.41 Å². The maximum absolute atomic E-state index is 4.84. The number of hydrogen-bond acceptors (Lipinski definition) is 4. The third-order valence-electron chi connectivity index (χ3n) is 4.39. The zero-order valence-electron chi connectivity index (χ0n) is 14.2. The standard InChI is InChI=1S/C17H30N4/c1-6-13-8-7-10-21(11-9-13)15-12-14(18-5)19-16(20-15)17(2,3)4/h12-13H,6-11H2,1-5H3,(H,18,19,20). The normalized spacial score (nSPS) is 20.2. The molecule has 0 aliphatic carbocycles. The van der Waals surface area contributed by atoms with E-state index in [-0.39, 0.29) is 5.41 Å². The molecular weight excluding hydrogens is 260 g/mol. The molecule has 2 heterocycles. The Balaban J connectivity index is 2.26. The summed E-state index contributed by atoms with van der Waals surface area (Å²) in [7, 11) is 1.92. The first-order valence-electron chi connectivity index (χ1n) is 8.26. The van der Waals surface area contributed by atoms with Crippen molar-refractivity contribution in [2.45, 2.75) is 58.8 Å². The highest BCUT2D eigenvalue weighted by molar-refractivity contribution is 5.49. The van der Waals surface area contributed by atoms with Crippen LogP contribution in [0.2, 0.25) is 0 Å². The van der Waals surface area contributed by atoms with Crippen molar-refractivity contribution in [3.8, 4) is 0 Å². The number of anilines is 2. The monoisotopic (exact) mass is 290 g/mol. The van der Waals surface area contributed by atoms with Crippen LogP contribution in [0.1, 0.15) is 59.2 Å². The number of rotatable bonds is 3. The summed E-state index contributed by atoms with van der Waals surface area (Å²) in [6.45, 7) is 11.0. The van der Waals surface area contributed by atoms with Crippen LogP contribution in [0.3, 0.4) is 0 Å². The lowest BCUT2D eigenvalue weighted by Crippen LogP contribution is -2.27. The molecule has 0 saturated carbocycles. The van der Waals surface area contributed by atoms with E-state index in [1.54, 1.807) is 0 Å². The largest absolute Gasteiger partial charge is 0.373 e. The van der Waals surface area contributed by atoms with Gasteiger partial charge in [-0.2, -0.15) is 0 Å². The minimum absolute atomic E-state index is 0.0284. The van der Waals surface area contributed by atoms with Gasteiger partial charge in [-0.05, 0) is 25.2 Å². The smallest absolute Gasteiger partial charge is 0.138 e. The summed E-state index contributed by atoms with van der Waals surface area (Å²) in [6, 6.07) is 2.08. The second-order valence-corrected chi connectivity index (χ2v) is 7.13. The van der Waals surface area contributed by atoms with Gasteiger partial charge in [0, 0.05) is 31.6 Å². The molecule has 0 spiro atoms. The highest BCUT2D eigenvalue weighted by Gasteiger charge is 2.22. The molecule has 0 bridgehead atoms. The molecule has 1 saturated heterocycles. The molecule has 118 valence electrons. The minimum Gasteiger partial charge on any atom is -0.373 e. The van der Waals surface area contributed by atoms with Gasteiger partial charge in [-0.1, -0.05) is 34.1 Å². The Kier molecular flexibility index (Phi) is 5.07. The Hall–Kier alpha value is -1.32. The lowest BCUT2D eigenvalue weighted by atomic mass is 9.96. The Labute approximate surface area is 129 Å². The Morgan fingerprint density at radius 3 is 2.62 bits per heavy atom. The van der Waals surface area contributed by atoms with Crippen molar-refractivity contribution in [1.29, 1.82) is 0 Å². The molecule has 1 fully saturated rings. The second-order valence-electron chi connectivity index (χ2n) is 7.13. The molecule has 1 aliphatic heterocycles. The number of nitrogens with zero attached hydrogens (tertiary/aromatic N) is 3. The first-order chi connectivity index (χ1) is 9.94. The molecule has 2 rings (SSSR count). The average molecular weight is 290 g/mol. The quantitative estimate of drug-likeness (QED) is 0.918. The van der Waals surface area contributed by atoms with Crippen LogP contribution < -0.4 is 10.2 Å². The number of nitrogens with one attached hydrogen (secondary N) is 1. The fraction of sp³-hybridized carbons (Fsp3) is 0.765. The lowest BCUT2D eigenvalue weighted by Gasteiger charge is -2.25. The molecule has 1 aromatic rings. The topological polar surface area (TPSA) is 41.0 Å². The summed E-state index contributed by atoms with van der Waals surface area (Å²) >= 11 is 0. The Morgan fingerprint density at radius 2 is 2.00 bits per heavy atom. The predicted molar refractivity (Wildman–Crippen MR) is 90.1 cm³/mol. The van der Waals surface area contributed by atoms with Crippen LogP contribution in [0.4, 0.5) is 11.6 Å². The molecule has 0 radical (unpaired) electrons. The lowest BCUT2D eigenvalue weighted by molar-refractivity contribution is 0.459. The van der Waals surface area contributed by atoms with Gasteiger partial charge in [0.15, 0.2) is 0 Å². The van der Waals surface area contributed by atoms with E-state index in [2.05, 4.69) is 49.0 Å². The summed E-state index contributed by atoms with van der Waals surface area (Å²) in [4.78, 5) is 11.9. The van der Waals surface area contributed by atoms with Crippen LogP contribution >= 0.6 is 0 Å². The summed E-state index contributed by atoms with van der Waals surface area (Å²) in [5, 5.41) is 3.18. The van der Waals surface area contributed by atoms with Gasteiger partial charge in [0.1, 0.15) is 17.5 Å². The molecule has 0 aromatic carbocycles. The molecule has 0 amide bonds. The number of aromatic nitrogens is 2. The van der Waals surface area contributed by atoms with E-state index < -0.39 is 0 Å². The summed E-state index contributed by atoms with van der Waals surface area (Å²) in [5.41, 5.74) is -0.0284. The van der Waals surface area contributed by atoms with Gasteiger partial charge < -0.3 is 10.2 Å². The molecule has 1 aliphatic rings. The molecule has 1 unspecified atom stereocenters. The summed E-state index contributed by atoms with van der Waals surface area (Å²) in [5.74, 6) is 3.79. The van der Waals surface area contributed by atoms with Gasteiger partial charge in [-0.15, -0.1) is 0 Å². The SMILES string of the molecule is CCC1CCCN(c2cc(NC)nc(C(C)(C)C)n2)CC1. The first kappa shape index (κ1) is 16.1. The van der Waals surface area contributed by atoms with Gasteiger partial charge in [-0.25, -0.2) is 9.97 Å². The Bertz CT molecular complexity index is 464. The van der Waals surface area contributed by atoms with Gasteiger partial charge in [0.25, 0.3) is 0 Å². The van der Waals surface area contributed by atoms with E-state index in [1.807, 2.05) is 7.05 Å². The molecule has 1 aromatic heterocycles. The van der Waals surface area contributed by atoms with E-state index in [4.69, 9.17) is 4.98 Å². The number of hydrogen-bond donors (Lipinski definition) is 1. The van der Waals surface area contributed by atoms with Crippen molar-refractivity contribution >= 4 is 11.6 Å². The maximum atomic E-state index is 4.84. The summed E-state index contributed by atoms with van der Waals surface area (Å²) in [6.07, 6.45) is 5.19. The fourth-order valence-corrected chi connectivity index (χ4v) is 2.86. The first-order valence-corrected chi connectivity index (χ1v) is 8.26. The van der Waals surface area contributed by atoms with Crippen molar-refractivity contribution in [3.63, 3.8) is 0 Å². The molecule has 4 nitrogen and oxygen atoms in total. The molecule has 4 heteroatoms. The van der Waals surface area contributed by atoms with Crippen molar-refractivity contribution < 1.29 is 0 Å². The van der Waals surface area contributed by atoms with Crippen molar-refractivity contribution in [2.24, 2.45) is 5.92 Å². The molecular formula is C17H30N4. The fourth-order valence-electron chi connectivity index (χ4n) is 2.86. The average Bonchev–Trinajstić information content (AvgIpc) is 2.71. The highest BCUT2D eigenvalue weighted by atomic mass is 15.2. The van der Waals surface area contributed by atoms with Crippen molar-refractivity contribution in [2.75, 3.05) is 30.4 Å². The van der Waals surface area contributed by atoms with Crippen LogP contribution in [0.25, 0.3) is 0 Å². The molecule has 21 heavy (non-hydrogen) atoms. The van der Waals surface area contributed by atoms with E-state index in [9.17, 15) is 0 Å². The van der Waals surface area contributed by atoms with Gasteiger partial charge in [0.05, 0.1) is 0 Å². The van der Waals surface area contributed by atoms with Gasteiger partial charge >= 0.3 is 0 Å². The minimum atomic E-state index is -0.0284. The summed E-state index contributed by atoms with van der Waals surface area (Å²) < 4.78 is 0. The molecule has 1 atom stereocenters. The third-order valence-corrected chi connectivity index (χ3v) is 4.39. The van der Waals surface area contributed by atoms with Gasteiger partial charge in [-0.3, -0.25) is 0 Å². The van der Waals surface area contributed by atoms with Crippen molar-refractivity contribution in [1.82, 2.24) is 9.97 Å². The van der Waals surface area contributed by atoms with Crippen LogP contribution in [0, 0.1) is 5.92 Å². The van der Waals surface area contributed by atoms with Gasteiger partial charge in [0.2, 0.25) is 0 Å². The van der Waals surface area contributed by atoms with E-state index in [1.165, 1.54) is 25.7 Å². The third kappa shape index (κ3) is 4.08. The van der Waals surface area contributed by atoms with E-state index in [0.717, 1.165) is 36.5 Å². The van der Waals surface area contributed by atoms with E-state index >= 15 is 0 Å². The second kappa shape index (κ2) is 6.63.